The fourth-order valence-corrected chi connectivity index (χ4v) is 3.20. The second-order valence-electron chi connectivity index (χ2n) is 6.47. The molecule has 4 rings (SSSR count). The van der Waals surface area contributed by atoms with Crippen LogP contribution in [0.1, 0.15) is 11.1 Å². The molecule has 2 N–H and O–H groups in total. The summed E-state index contributed by atoms with van der Waals surface area (Å²) in [6, 6.07) is 17.2. The van der Waals surface area contributed by atoms with Gasteiger partial charge in [0.1, 0.15) is 0 Å². The molecule has 4 aromatic rings. The predicted octanol–water partition coefficient (Wildman–Crippen LogP) is 2.79. The molecule has 0 fully saturated rings. The standard InChI is InChI=1S/C20H17N5O3/c21-16-8-6-14(7-9-16)12-23-18-5-2-10-22-19(18)24(20(23)26)13-15-3-1-4-17(11-15)25(27)28/h1-11H,12-13,21H2. The molecule has 0 unspecified atom stereocenters. The Morgan fingerprint density at radius 1 is 0.964 bits per heavy atom. The number of hydrogen-bond donors (Lipinski definition) is 1. The Hall–Kier alpha value is -3.94. The van der Waals surface area contributed by atoms with Crippen LogP contribution in [0, 0.1) is 10.1 Å². The maximum Gasteiger partial charge on any atom is 0.330 e. The van der Waals surface area contributed by atoms with Gasteiger partial charge in [-0.25, -0.2) is 9.78 Å². The first-order valence-corrected chi connectivity index (χ1v) is 8.65. The number of nitro groups is 1. The summed E-state index contributed by atoms with van der Waals surface area (Å²) >= 11 is 0. The van der Waals surface area contributed by atoms with Crippen molar-refractivity contribution in [2.24, 2.45) is 0 Å². The van der Waals surface area contributed by atoms with E-state index in [-0.39, 0.29) is 17.9 Å². The number of fused-ring (bicyclic) bond motifs is 1. The van der Waals surface area contributed by atoms with Crippen molar-refractivity contribution in [3.8, 4) is 0 Å². The van der Waals surface area contributed by atoms with Crippen LogP contribution in [0.3, 0.4) is 0 Å². The van der Waals surface area contributed by atoms with Gasteiger partial charge in [-0.2, -0.15) is 0 Å². The van der Waals surface area contributed by atoms with Gasteiger partial charge in [-0.1, -0.05) is 24.3 Å². The number of rotatable bonds is 5. The first kappa shape index (κ1) is 17.5. The molecule has 8 heteroatoms. The molecular weight excluding hydrogens is 358 g/mol. The largest absolute Gasteiger partial charge is 0.399 e. The van der Waals surface area contributed by atoms with Crippen LogP contribution in [0.15, 0.2) is 71.7 Å². The van der Waals surface area contributed by atoms with E-state index in [1.54, 1.807) is 41.1 Å². The summed E-state index contributed by atoms with van der Waals surface area (Å²) in [6.45, 7) is 0.575. The molecule has 28 heavy (non-hydrogen) atoms. The van der Waals surface area contributed by atoms with E-state index in [0.29, 0.717) is 29.0 Å². The van der Waals surface area contributed by atoms with Gasteiger partial charge in [0, 0.05) is 24.0 Å². The number of non-ortho nitro benzene ring substituents is 1. The summed E-state index contributed by atoms with van der Waals surface area (Å²) < 4.78 is 3.18. The van der Waals surface area contributed by atoms with Gasteiger partial charge in [0.2, 0.25) is 0 Å². The molecule has 0 atom stereocenters. The number of pyridine rings is 1. The fraction of sp³-hybridized carbons (Fsp3) is 0.100. The van der Waals surface area contributed by atoms with Crippen molar-refractivity contribution in [1.29, 1.82) is 0 Å². The Morgan fingerprint density at radius 3 is 2.46 bits per heavy atom. The van der Waals surface area contributed by atoms with Crippen LogP contribution in [-0.4, -0.2) is 19.0 Å². The van der Waals surface area contributed by atoms with Crippen molar-refractivity contribution in [2.75, 3.05) is 5.73 Å². The molecule has 0 aliphatic carbocycles. The van der Waals surface area contributed by atoms with Crippen molar-refractivity contribution in [3.05, 3.63) is 98.6 Å². The van der Waals surface area contributed by atoms with E-state index in [0.717, 1.165) is 5.56 Å². The molecule has 2 aromatic heterocycles. The Labute approximate surface area is 159 Å². The molecule has 0 spiro atoms. The molecule has 140 valence electrons. The lowest BCUT2D eigenvalue weighted by molar-refractivity contribution is -0.384. The number of aromatic nitrogens is 3. The van der Waals surface area contributed by atoms with E-state index in [4.69, 9.17) is 5.73 Å². The molecule has 0 saturated heterocycles. The number of nitro benzene ring substituents is 1. The van der Waals surface area contributed by atoms with Gasteiger partial charge >= 0.3 is 5.69 Å². The van der Waals surface area contributed by atoms with Gasteiger partial charge in [0.25, 0.3) is 5.69 Å². The van der Waals surface area contributed by atoms with E-state index in [9.17, 15) is 14.9 Å². The molecule has 0 radical (unpaired) electrons. The van der Waals surface area contributed by atoms with Crippen LogP contribution in [0.2, 0.25) is 0 Å². The van der Waals surface area contributed by atoms with E-state index < -0.39 is 4.92 Å². The lowest BCUT2D eigenvalue weighted by Gasteiger charge is -2.04. The number of hydrogen-bond acceptors (Lipinski definition) is 5. The number of anilines is 1. The number of nitrogens with zero attached hydrogens (tertiary/aromatic N) is 4. The topological polar surface area (TPSA) is 109 Å². The van der Waals surface area contributed by atoms with E-state index >= 15 is 0 Å². The Morgan fingerprint density at radius 2 is 1.71 bits per heavy atom. The smallest absolute Gasteiger partial charge is 0.330 e. The summed E-state index contributed by atoms with van der Waals surface area (Å²) in [7, 11) is 0. The van der Waals surface area contributed by atoms with Crippen molar-refractivity contribution in [2.45, 2.75) is 13.1 Å². The Bertz CT molecular complexity index is 1220. The molecule has 0 amide bonds. The van der Waals surface area contributed by atoms with E-state index in [1.165, 1.54) is 16.7 Å². The summed E-state index contributed by atoms with van der Waals surface area (Å²) in [5.41, 5.74) is 9.00. The number of nitrogens with two attached hydrogens (primary N) is 1. The summed E-state index contributed by atoms with van der Waals surface area (Å²) in [5.74, 6) is 0. The highest BCUT2D eigenvalue weighted by Crippen LogP contribution is 2.17. The number of imidazole rings is 1. The van der Waals surface area contributed by atoms with Crippen molar-refractivity contribution in [1.82, 2.24) is 14.1 Å². The Kier molecular flexibility index (Phi) is 4.36. The van der Waals surface area contributed by atoms with Crippen LogP contribution in [-0.2, 0) is 13.1 Å². The number of benzene rings is 2. The molecule has 0 aliphatic rings. The third kappa shape index (κ3) is 3.23. The van der Waals surface area contributed by atoms with Gasteiger partial charge < -0.3 is 5.73 Å². The zero-order chi connectivity index (χ0) is 19.7. The first-order valence-electron chi connectivity index (χ1n) is 8.65. The molecule has 8 nitrogen and oxygen atoms in total. The minimum atomic E-state index is -0.449. The van der Waals surface area contributed by atoms with Gasteiger partial charge in [-0.05, 0) is 35.4 Å². The molecule has 0 aliphatic heterocycles. The monoisotopic (exact) mass is 375 g/mol. The third-order valence-electron chi connectivity index (χ3n) is 4.56. The summed E-state index contributed by atoms with van der Waals surface area (Å²) in [6.07, 6.45) is 1.62. The average molecular weight is 375 g/mol. The average Bonchev–Trinajstić information content (AvgIpc) is 2.96. The second-order valence-corrected chi connectivity index (χ2v) is 6.47. The number of nitrogen functional groups attached to an aromatic ring is 1. The third-order valence-corrected chi connectivity index (χ3v) is 4.56. The molecular formula is C20H17N5O3. The van der Waals surface area contributed by atoms with Crippen molar-refractivity contribution < 1.29 is 4.92 Å². The fourth-order valence-electron chi connectivity index (χ4n) is 3.20. The maximum atomic E-state index is 13.1. The van der Waals surface area contributed by atoms with Gasteiger partial charge in [0.15, 0.2) is 5.65 Å². The van der Waals surface area contributed by atoms with Crippen LogP contribution < -0.4 is 11.4 Å². The summed E-state index contributed by atoms with van der Waals surface area (Å²) in [4.78, 5) is 28.0. The highest BCUT2D eigenvalue weighted by atomic mass is 16.6. The van der Waals surface area contributed by atoms with Crippen LogP contribution in [0.25, 0.3) is 11.2 Å². The van der Waals surface area contributed by atoms with E-state index in [2.05, 4.69) is 4.98 Å². The minimum absolute atomic E-state index is 0.0101. The lowest BCUT2D eigenvalue weighted by Crippen LogP contribution is -2.25. The van der Waals surface area contributed by atoms with Gasteiger partial charge in [-0.15, -0.1) is 0 Å². The highest BCUT2D eigenvalue weighted by molar-refractivity contribution is 5.71. The molecule has 2 aromatic carbocycles. The predicted molar refractivity (Wildman–Crippen MR) is 106 cm³/mol. The van der Waals surface area contributed by atoms with Gasteiger partial charge in [-0.3, -0.25) is 19.2 Å². The van der Waals surface area contributed by atoms with E-state index in [1.807, 2.05) is 18.2 Å². The molecule has 0 bridgehead atoms. The normalized spacial score (nSPS) is 11.0. The van der Waals surface area contributed by atoms with Gasteiger partial charge in [0.05, 0.1) is 23.5 Å². The zero-order valence-corrected chi connectivity index (χ0v) is 14.9. The van der Waals surface area contributed by atoms with Crippen molar-refractivity contribution in [3.63, 3.8) is 0 Å². The maximum absolute atomic E-state index is 13.1. The SMILES string of the molecule is Nc1ccc(Cn2c(=O)n(Cc3cccc([N+](=O)[O-])c3)c3ncccc32)cc1. The Balaban J connectivity index is 1.78. The quantitative estimate of drug-likeness (QED) is 0.328. The zero-order valence-electron chi connectivity index (χ0n) is 14.9. The van der Waals surface area contributed by atoms with Crippen LogP contribution >= 0.6 is 0 Å². The van der Waals surface area contributed by atoms with Crippen molar-refractivity contribution >= 4 is 22.5 Å². The molecule has 0 saturated carbocycles. The second kappa shape index (κ2) is 6.99. The van der Waals surface area contributed by atoms with Crippen LogP contribution in [0.4, 0.5) is 11.4 Å². The summed E-state index contributed by atoms with van der Waals surface area (Å²) in [5, 5.41) is 11.0. The highest BCUT2D eigenvalue weighted by Gasteiger charge is 2.15. The first-order chi connectivity index (χ1) is 13.5. The van der Waals surface area contributed by atoms with Crippen LogP contribution in [0.5, 0.6) is 0 Å². The lowest BCUT2D eigenvalue weighted by atomic mass is 10.2. The molecule has 2 heterocycles. The minimum Gasteiger partial charge on any atom is -0.399 e.